The summed E-state index contributed by atoms with van der Waals surface area (Å²) < 4.78 is 5.46. The third-order valence-electron chi connectivity index (χ3n) is 6.40. The summed E-state index contributed by atoms with van der Waals surface area (Å²) in [6.07, 6.45) is 6.13. The predicted octanol–water partition coefficient (Wildman–Crippen LogP) is 3.67. The van der Waals surface area contributed by atoms with E-state index in [-0.39, 0.29) is 5.91 Å². The Labute approximate surface area is 182 Å². The number of hydrogen-bond acceptors (Lipinski definition) is 4. The Balaban J connectivity index is 1.19. The van der Waals surface area contributed by atoms with Crippen molar-refractivity contribution >= 4 is 29.0 Å². The summed E-state index contributed by atoms with van der Waals surface area (Å²) in [7, 11) is 0. The minimum Gasteiger partial charge on any atom is -0.379 e. The number of morpholine rings is 1. The molecule has 0 atom stereocenters. The van der Waals surface area contributed by atoms with Crippen LogP contribution in [0.1, 0.15) is 34.5 Å². The molecular weight excluding hydrogens is 388 g/mol. The first-order valence-corrected chi connectivity index (χ1v) is 11.1. The molecule has 2 aliphatic heterocycles. The zero-order chi connectivity index (χ0) is 21.0. The maximum absolute atomic E-state index is 12.9. The first-order chi connectivity index (χ1) is 15.3. The molecule has 0 unspecified atom stereocenters. The zero-order valence-corrected chi connectivity index (χ0v) is 17.7. The van der Waals surface area contributed by atoms with Crippen LogP contribution in [0.25, 0.3) is 23.1 Å². The topological polar surface area (TPSA) is 61.5 Å². The van der Waals surface area contributed by atoms with Crippen molar-refractivity contribution < 1.29 is 9.53 Å². The Morgan fingerprint density at radius 1 is 0.968 bits per heavy atom. The monoisotopic (exact) mass is 416 g/mol. The van der Waals surface area contributed by atoms with Gasteiger partial charge in [0.1, 0.15) is 0 Å². The van der Waals surface area contributed by atoms with Crippen LogP contribution in [0.3, 0.4) is 0 Å². The number of nitrogens with zero attached hydrogens (tertiary/aromatic N) is 3. The highest BCUT2D eigenvalue weighted by Crippen LogP contribution is 2.21. The van der Waals surface area contributed by atoms with Gasteiger partial charge in [-0.1, -0.05) is 36.4 Å². The van der Waals surface area contributed by atoms with Crippen molar-refractivity contribution in [2.24, 2.45) is 0 Å². The van der Waals surface area contributed by atoms with E-state index in [1.807, 2.05) is 59.5 Å². The number of rotatable bonds is 4. The Hall–Kier alpha value is -2.96. The Kier molecular flexibility index (Phi) is 5.82. The summed E-state index contributed by atoms with van der Waals surface area (Å²) in [5.41, 5.74) is 3.75. The summed E-state index contributed by atoms with van der Waals surface area (Å²) in [6.45, 7) is 5.35. The fraction of sp³-hybridized carbons (Fsp3) is 0.360. The molecule has 31 heavy (non-hydrogen) atoms. The van der Waals surface area contributed by atoms with Crippen LogP contribution in [-0.4, -0.2) is 71.3 Å². The van der Waals surface area contributed by atoms with E-state index in [4.69, 9.17) is 4.74 Å². The minimum atomic E-state index is 0.134. The number of hydrogen-bond donors (Lipinski definition) is 1. The lowest BCUT2D eigenvalue weighted by Crippen LogP contribution is -2.50. The lowest BCUT2D eigenvalue weighted by molar-refractivity contribution is 0.00159. The molecule has 5 rings (SSSR count). The number of ether oxygens (including phenoxy) is 1. The molecule has 3 heterocycles. The molecule has 0 bridgehead atoms. The summed E-state index contributed by atoms with van der Waals surface area (Å²) in [5.74, 6) is 0.134. The number of fused-ring (bicyclic) bond motifs is 1. The van der Waals surface area contributed by atoms with E-state index in [1.54, 1.807) is 0 Å². The summed E-state index contributed by atoms with van der Waals surface area (Å²) in [6, 6.07) is 16.5. The van der Waals surface area contributed by atoms with Crippen molar-refractivity contribution in [1.82, 2.24) is 20.0 Å². The van der Waals surface area contributed by atoms with Gasteiger partial charge >= 0.3 is 0 Å². The van der Waals surface area contributed by atoms with Crippen LogP contribution in [0.4, 0.5) is 0 Å². The van der Waals surface area contributed by atoms with E-state index in [0.29, 0.717) is 6.04 Å². The van der Waals surface area contributed by atoms with Gasteiger partial charge in [-0.25, -0.2) is 0 Å². The smallest absolute Gasteiger partial charge is 0.253 e. The Morgan fingerprint density at radius 2 is 1.71 bits per heavy atom. The molecule has 160 valence electrons. The highest BCUT2D eigenvalue weighted by Gasteiger charge is 2.28. The van der Waals surface area contributed by atoms with Crippen molar-refractivity contribution in [2.75, 3.05) is 39.4 Å². The molecule has 0 spiro atoms. The zero-order valence-electron chi connectivity index (χ0n) is 17.7. The predicted molar refractivity (Wildman–Crippen MR) is 123 cm³/mol. The van der Waals surface area contributed by atoms with Gasteiger partial charge in [0.05, 0.1) is 24.4 Å². The first-order valence-electron chi connectivity index (χ1n) is 11.1. The second-order valence-corrected chi connectivity index (χ2v) is 8.28. The first kappa shape index (κ1) is 20.0. The average molecular weight is 417 g/mol. The van der Waals surface area contributed by atoms with E-state index in [2.05, 4.69) is 21.2 Å². The number of para-hydroxylation sites is 1. The Bertz CT molecular complexity index is 1060. The van der Waals surface area contributed by atoms with Crippen LogP contribution in [0.15, 0.2) is 48.5 Å². The standard InChI is InChI=1S/C25H28N4O2/c30-25(29-13-11-21(12-14-29)28-15-17-31-18-16-28)20-8-5-19(6-9-20)7-10-24-22-3-1-2-4-23(22)26-27-24/h1-10,21H,11-18H2,(H,26,27). The normalized spacial score (nSPS) is 18.8. The fourth-order valence-electron chi connectivity index (χ4n) is 4.58. The lowest BCUT2D eigenvalue weighted by atomic mass is 10.0. The quantitative estimate of drug-likeness (QED) is 0.705. The van der Waals surface area contributed by atoms with Crippen molar-refractivity contribution in [3.63, 3.8) is 0 Å². The fourth-order valence-corrected chi connectivity index (χ4v) is 4.58. The molecule has 6 nitrogen and oxygen atoms in total. The van der Waals surface area contributed by atoms with Gasteiger partial charge in [0.2, 0.25) is 0 Å². The van der Waals surface area contributed by atoms with Gasteiger partial charge < -0.3 is 9.64 Å². The molecule has 0 radical (unpaired) electrons. The van der Waals surface area contributed by atoms with Crippen molar-refractivity contribution in [2.45, 2.75) is 18.9 Å². The number of carbonyl (C=O) groups is 1. The maximum Gasteiger partial charge on any atom is 0.253 e. The number of amides is 1. The molecule has 6 heteroatoms. The van der Waals surface area contributed by atoms with Crippen molar-refractivity contribution in [3.8, 4) is 0 Å². The molecule has 2 saturated heterocycles. The van der Waals surface area contributed by atoms with E-state index in [0.717, 1.165) is 80.0 Å². The number of aromatic nitrogens is 2. The van der Waals surface area contributed by atoms with Gasteiger partial charge in [-0.15, -0.1) is 0 Å². The highest BCUT2D eigenvalue weighted by molar-refractivity contribution is 5.95. The van der Waals surface area contributed by atoms with Gasteiger partial charge in [-0.05, 0) is 42.7 Å². The van der Waals surface area contributed by atoms with E-state index < -0.39 is 0 Å². The average Bonchev–Trinajstić information content (AvgIpc) is 3.26. The summed E-state index contributed by atoms with van der Waals surface area (Å²) in [4.78, 5) is 17.5. The SMILES string of the molecule is O=C(c1ccc(C=Cc2n[nH]c3ccccc23)cc1)N1CCC(N2CCOCC2)CC1. The molecule has 0 saturated carbocycles. The molecule has 2 aliphatic rings. The second-order valence-electron chi connectivity index (χ2n) is 8.28. The highest BCUT2D eigenvalue weighted by atomic mass is 16.5. The third-order valence-corrected chi connectivity index (χ3v) is 6.40. The summed E-state index contributed by atoms with van der Waals surface area (Å²) >= 11 is 0. The van der Waals surface area contributed by atoms with Gasteiger partial charge in [0.25, 0.3) is 5.91 Å². The molecule has 3 aromatic rings. The van der Waals surface area contributed by atoms with Crippen molar-refractivity contribution in [1.29, 1.82) is 0 Å². The number of carbonyl (C=O) groups excluding carboxylic acids is 1. The number of H-pyrrole nitrogens is 1. The number of piperidine rings is 1. The molecule has 1 aromatic heterocycles. The van der Waals surface area contributed by atoms with E-state index >= 15 is 0 Å². The molecule has 1 N–H and O–H groups in total. The number of nitrogens with one attached hydrogen (secondary N) is 1. The number of likely N-dealkylation sites (tertiary alicyclic amines) is 1. The summed E-state index contributed by atoms with van der Waals surface area (Å²) in [5, 5.41) is 8.53. The largest absolute Gasteiger partial charge is 0.379 e. The van der Waals surface area contributed by atoms with Gasteiger partial charge in [0.15, 0.2) is 0 Å². The van der Waals surface area contributed by atoms with E-state index in [1.165, 1.54) is 0 Å². The van der Waals surface area contributed by atoms with Gasteiger partial charge in [0, 0.05) is 43.2 Å². The van der Waals surface area contributed by atoms with Crippen LogP contribution in [0.2, 0.25) is 0 Å². The van der Waals surface area contributed by atoms with Crippen LogP contribution in [-0.2, 0) is 4.74 Å². The van der Waals surface area contributed by atoms with Crippen LogP contribution in [0.5, 0.6) is 0 Å². The molecule has 1 amide bonds. The van der Waals surface area contributed by atoms with Gasteiger partial charge in [-0.3, -0.25) is 14.8 Å². The molecule has 2 fully saturated rings. The van der Waals surface area contributed by atoms with Crippen LogP contribution >= 0.6 is 0 Å². The van der Waals surface area contributed by atoms with Crippen LogP contribution in [0, 0.1) is 0 Å². The van der Waals surface area contributed by atoms with Crippen molar-refractivity contribution in [3.05, 3.63) is 65.4 Å². The minimum absolute atomic E-state index is 0.134. The molecular formula is C25H28N4O2. The number of benzene rings is 2. The maximum atomic E-state index is 12.9. The third kappa shape index (κ3) is 4.40. The lowest BCUT2D eigenvalue weighted by Gasteiger charge is -2.40. The van der Waals surface area contributed by atoms with Crippen LogP contribution < -0.4 is 0 Å². The van der Waals surface area contributed by atoms with Gasteiger partial charge in [-0.2, -0.15) is 5.10 Å². The van der Waals surface area contributed by atoms with E-state index in [9.17, 15) is 4.79 Å². The Morgan fingerprint density at radius 3 is 2.48 bits per heavy atom. The number of aromatic amines is 1. The second kappa shape index (κ2) is 9.04. The molecule has 0 aliphatic carbocycles. The molecule has 2 aromatic carbocycles.